The summed E-state index contributed by atoms with van der Waals surface area (Å²) in [6.07, 6.45) is 0.275. The predicted octanol–water partition coefficient (Wildman–Crippen LogP) is 0.335. The zero-order valence-electron chi connectivity index (χ0n) is 12.6. The Morgan fingerprint density at radius 2 is 2.00 bits per heavy atom. The van der Waals surface area contributed by atoms with Crippen LogP contribution in [0.1, 0.15) is 18.9 Å². The molecule has 0 saturated heterocycles. The summed E-state index contributed by atoms with van der Waals surface area (Å²) in [6, 6.07) is 4.98. The van der Waals surface area contributed by atoms with E-state index in [-0.39, 0.29) is 37.4 Å². The highest BCUT2D eigenvalue weighted by Gasteiger charge is 2.09. The Morgan fingerprint density at radius 1 is 1.32 bits per heavy atom. The summed E-state index contributed by atoms with van der Waals surface area (Å²) in [5, 5.41) is 2.76. The zero-order valence-corrected chi connectivity index (χ0v) is 13.4. The molecule has 1 rings (SSSR count). The molecule has 124 valence electrons. The summed E-state index contributed by atoms with van der Waals surface area (Å²) in [6.45, 7) is 1.91. The molecule has 1 aromatic rings. The number of methoxy groups -OCH3 is 1. The molecule has 0 aliphatic rings. The first kappa shape index (κ1) is 20.0. The van der Waals surface area contributed by atoms with E-state index in [1.165, 1.54) is 7.11 Å². The fraction of sp³-hybridized carbons (Fsp3) is 0.429. The highest BCUT2D eigenvalue weighted by atomic mass is 35.5. The van der Waals surface area contributed by atoms with Gasteiger partial charge in [0.05, 0.1) is 7.11 Å². The van der Waals surface area contributed by atoms with Crippen molar-refractivity contribution >= 4 is 24.2 Å². The Labute approximate surface area is 135 Å². The molecule has 1 atom stereocenters. The largest absolute Gasteiger partial charge is 0.493 e. The molecule has 7 nitrogen and oxygen atoms in total. The minimum Gasteiger partial charge on any atom is -0.493 e. The number of primary amides is 1. The van der Waals surface area contributed by atoms with Gasteiger partial charge in [0, 0.05) is 19.0 Å². The first-order valence-electron chi connectivity index (χ1n) is 6.52. The van der Waals surface area contributed by atoms with Gasteiger partial charge in [0.25, 0.3) is 5.91 Å². The molecule has 0 saturated carbocycles. The van der Waals surface area contributed by atoms with Gasteiger partial charge in [-0.25, -0.2) is 0 Å². The number of amides is 2. The normalized spacial score (nSPS) is 11.0. The van der Waals surface area contributed by atoms with Gasteiger partial charge in [-0.2, -0.15) is 0 Å². The highest BCUT2D eigenvalue weighted by molar-refractivity contribution is 5.85. The molecule has 2 amide bonds. The molecular formula is C14H22ClN3O4. The Bertz CT molecular complexity index is 509. The molecule has 0 aliphatic heterocycles. The number of nitrogens with two attached hydrogens (primary N) is 2. The number of carbonyl (C=O) groups excluding carboxylic acids is 2. The maximum Gasteiger partial charge on any atom is 0.255 e. The van der Waals surface area contributed by atoms with Crippen LogP contribution in [0.4, 0.5) is 0 Å². The summed E-state index contributed by atoms with van der Waals surface area (Å²) >= 11 is 0. The lowest BCUT2D eigenvalue weighted by atomic mass is 10.2. The molecule has 8 heteroatoms. The Hall–Kier alpha value is -1.99. The summed E-state index contributed by atoms with van der Waals surface area (Å²) < 4.78 is 10.4. The van der Waals surface area contributed by atoms with Crippen molar-refractivity contribution in [2.24, 2.45) is 11.5 Å². The van der Waals surface area contributed by atoms with Crippen molar-refractivity contribution in [3.05, 3.63) is 23.8 Å². The summed E-state index contributed by atoms with van der Waals surface area (Å²) in [5.41, 5.74) is 11.4. The van der Waals surface area contributed by atoms with E-state index in [0.717, 1.165) is 5.56 Å². The maximum absolute atomic E-state index is 11.5. The third kappa shape index (κ3) is 7.14. The number of hydrogen-bond donors (Lipinski definition) is 3. The Balaban J connectivity index is 0.00000441. The van der Waals surface area contributed by atoms with Crippen molar-refractivity contribution in [2.45, 2.75) is 25.9 Å². The van der Waals surface area contributed by atoms with E-state index >= 15 is 0 Å². The SMILES string of the molecule is COc1cc(CNC(=O)CC(C)N)ccc1OCC(N)=O.Cl. The third-order valence-electron chi connectivity index (χ3n) is 2.60. The second-order valence-electron chi connectivity index (χ2n) is 4.70. The number of carbonyl (C=O) groups is 2. The van der Waals surface area contributed by atoms with E-state index in [1.54, 1.807) is 25.1 Å². The Kier molecular flexibility index (Phi) is 8.97. The lowest BCUT2D eigenvalue weighted by molar-refractivity contribution is -0.121. The number of rotatable bonds is 8. The zero-order chi connectivity index (χ0) is 15.8. The molecule has 0 spiro atoms. The van der Waals surface area contributed by atoms with Gasteiger partial charge in [-0.1, -0.05) is 6.07 Å². The van der Waals surface area contributed by atoms with E-state index in [0.29, 0.717) is 18.0 Å². The first-order valence-corrected chi connectivity index (χ1v) is 6.52. The molecular weight excluding hydrogens is 310 g/mol. The van der Waals surface area contributed by atoms with Crippen molar-refractivity contribution in [2.75, 3.05) is 13.7 Å². The van der Waals surface area contributed by atoms with Crippen molar-refractivity contribution in [3.63, 3.8) is 0 Å². The second kappa shape index (κ2) is 9.86. The van der Waals surface area contributed by atoms with Gasteiger partial charge in [-0.3, -0.25) is 9.59 Å². The monoisotopic (exact) mass is 331 g/mol. The molecule has 1 aromatic carbocycles. The van der Waals surface area contributed by atoms with Crippen LogP contribution in [-0.2, 0) is 16.1 Å². The minimum absolute atomic E-state index is 0. The van der Waals surface area contributed by atoms with E-state index in [9.17, 15) is 9.59 Å². The van der Waals surface area contributed by atoms with Gasteiger partial charge in [-0.15, -0.1) is 12.4 Å². The molecule has 0 fully saturated rings. The molecule has 0 bridgehead atoms. The van der Waals surface area contributed by atoms with Crippen molar-refractivity contribution < 1.29 is 19.1 Å². The predicted molar refractivity (Wildman–Crippen MR) is 85.0 cm³/mol. The Morgan fingerprint density at radius 3 is 2.55 bits per heavy atom. The maximum atomic E-state index is 11.5. The average Bonchev–Trinajstić information content (AvgIpc) is 2.42. The second-order valence-corrected chi connectivity index (χ2v) is 4.70. The fourth-order valence-corrected chi connectivity index (χ4v) is 1.66. The molecule has 22 heavy (non-hydrogen) atoms. The smallest absolute Gasteiger partial charge is 0.255 e. The van der Waals surface area contributed by atoms with Gasteiger partial charge >= 0.3 is 0 Å². The third-order valence-corrected chi connectivity index (χ3v) is 2.60. The van der Waals surface area contributed by atoms with Crippen LogP contribution in [-0.4, -0.2) is 31.6 Å². The lowest BCUT2D eigenvalue weighted by Gasteiger charge is -2.12. The van der Waals surface area contributed by atoms with Crippen LogP contribution in [0.3, 0.4) is 0 Å². The standard InChI is InChI=1S/C14H21N3O4.ClH/c1-9(15)5-14(19)17-7-10-3-4-11(12(6-10)20-2)21-8-13(16)18;/h3-4,6,9H,5,7-8,15H2,1-2H3,(H2,16,18)(H,17,19);1H. The molecule has 0 aliphatic carbocycles. The van der Waals surface area contributed by atoms with Gasteiger partial charge in [0.15, 0.2) is 18.1 Å². The molecule has 0 radical (unpaired) electrons. The van der Waals surface area contributed by atoms with Crippen LogP contribution in [0.15, 0.2) is 18.2 Å². The topological polar surface area (TPSA) is 117 Å². The average molecular weight is 332 g/mol. The number of nitrogens with one attached hydrogen (secondary N) is 1. The van der Waals surface area contributed by atoms with Crippen molar-refractivity contribution in [3.8, 4) is 11.5 Å². The summed E-state index contributed by atoms with van der Waals surface area (Å²) in [7, 11) is 1.49. The van der Waals surface area contributed by atoms with Crippen LogP contribution in [0.25, 0.3) is 0 Å². The van der Waals surface area contributed by atoms with Gasteiger partial charge < -0.3 is 26.3 Å². The lowest BCUT2D eigenvalue weighted by Crippen LogP contribution is -2.29. The highest BCUT2D eigenvalue weighted by Crippen LogP contribution is 2.27. The van der Waals surface area contributed by atoms with Crippen molar-refractivity contribution in [1.29, 1.82) is 0 Å². The molecule has 0 aromatic heterocycles. The summed E-state index contributed by atoms with van der Waals surface area (Å²) in [4.78, 5) is 22.2. The first-order chi connectivity index (χ1) is 9.92. The number of benzene rings is 1. The van der Waals surface area contributed by atoms with Crippen LogP contribution < -0.4 is 26.3 Å². The molecule has 5 N–H and O–H groups in total. The number of halogens is 1. The van der Waals surface area contributed by atoms with Crippen LogP contribution >= 0.6 is 12.4 Å². The minimum atomic E-state index is -0.565. The number of hydrogen-bond acceptors (Lipinski definition) is 5. The van der Waals surface area contributed by atoms with E-state index < -0.39 is 5.91 Å². The van der Waals surface area contributed by atoms with E-state index in [4.69, 9.17) is 20.9 Å². The number of ether oxygens (including phenoxy) is 2. The van der Waals surface area contributed by atoms with Crippen LogP contribution in [0.2, 0.25) is 0 Å². The van der Waals surface area contributed by atoms with Crippen molar-refractivity contribution in [1.82, 2.24) is 5.32 Å². The van der Waals surface area contributed by atoms with Crippen LogP contribution in [0, 0.1) is 0 Å². The quantitative estimate of drug-likeness (QED) is 0.635. The van der Waals surface area contributed by atoms with Crippen LogP contribution in [0.5, 0.6) is 11.5 Å². The molecule has 0 heterocycles. The fourth-order valence-electron chi connectivity index (χ4n) is 1.66. The van der Waals surface area contributed by atoms with Gasteiger partial charge in [-0.05, 0) is 24.6 Å². The molecule has 1 unspecified atom stereocenters. The van der Waals surface area contributed by atoms with Gasteiger partial charge in [0.2, 0.25) is 5.91 Å². The van der Waals surface area contributed by atoms with E-state index in [1.807, 2.05) is 0 Å². The van der Waals surface area contributed by atoms with E-state index in [2.05, 4.69) is 5.32 Å². The van der Waals surface area contributed by atoms with Gasteiger partial charge in [0.1, 0.15) is 0 Å². The summed E-state index contributed by atoms with van der Waals surface area (Å²) in [5.74, 6) is 0.208.